The van der Waals surface area contributed by atoms with Gasteiger partial charge in [0.1, 0.15) is 5.82 Å². The molecule has 20 heavy (non-hydrogen) atoms. The number of nitrogens with zero attached hydrogens (tertiary/aromatic N) is 2. The molecule has 1 N–H and O–H groups in total. The first-order chi connectivity index (χ1) is 9.56. The molecule has 2 rings (SSSR count). The van der Waals surface area contributed by atoms with Crippen LogP contribution in [0.25, 0.3) is 0 Å². The molecule has 0 spiro atoms. The predicted molar refractivity (Wildman–Crippen MR) is 80.3 cm³/mol. The number of halogens is 1. The van der Waals surface area contributed by atoms with Gasteiger partial charge in [-0.25, -0.2) is 4.39 Å². The van der Waals surface area contributed by atoms with Crippen LogP contribution < -0.4 is 5.32 Å². The maximum absolute atomic E-state index is 14.1. The van der Waals surface area contributed by atoms with Crippen molar-refractivity contribution in [2.75, 3.05) is 6.54 Å². The number of hydrogen-bond donors (Lipinski definition) is 1. The Morgan fingerprint density at radius 2 is 2.20 bits per heavy atom. The van der Waals surface area contributed by atoms with Crippen LogP contribution in [-0.2, 0) is 13.6 Å². The van der Waals surface area contributed by atoms with Crippen molar-refractivity contribution in [1.29, 1.82) is 0 Å². The summed E-state index contributed by atoms with van der Waals surface area (Å²) in [5.74, 6) is 0.403. The molecular weight excluding hydrogens is 273 g/mol. The summed E-state index contributed by atoms with van der Waals surface area (Å²) in [6.45, 7) is 5.92. The predicted octanol–water partition coefficient (Wildman–Crippen LogP) is 3.46. The van der Waals surface area contributed by atoms with Crippen LogP contribution in [0.2, 0.25) is 0 Å². The van der Waals surface area contributed by atoms with Crippen molar-refractivity contribution in [2.45, 2.75) is 30.2 Å². The smallest absolute Gasteiger partial charge is 0.137 e. The first kappa shape index (κ1) is 15.1. The standard InChI is InChI=1S/C15H20FN3S/c1-11(2)7-17-8-12-5-4-6-14(16)15(12)20-13-9-18-19(3)10-13/h4-6,9-11,17H,7-8H2,1-3H3. The van der Waals surface area contributed by atoms with Gasteiger partial charge >= 0.3 is 0 Å². The molecule has 2 aromatic rings. The van der Waals surface area contributed by atoms with Gasteiger partial charge in [-0.3, -0.25) is 4.68 Å². The molecule has 1 aromatic carbocycles. The second-order valence-corrected chi connectivity index (χ2v) is 6.29. The number of aromatic nitrogens is 2. The Labute approximate surface area is 123 Å². The van der Waals surface area contributed by atoms with Crippen LogP contribution in [0.4, 0.5) is 4.39 Å². The fraction of sp³-hybridized carbons (Fsp3) is 0.400. The van der Waals surface area contributed by atoms with E-state index in [4.69, 9.17) is 0 Å². The molecule has 0 bridgehead atoms. The number of aryl methyl sites for hydroxylation is 1. The lowest BCUT2D eigenvalue weighted by molar-refractivity contribution is 0.543. The summed E-state index contributed by atoms with van der Waals surface area (Å²) in [6.07, 6.45) is 3.64. The summed E-state index contributed by atoms with van der Waals surface area (Å²) in [6, 6.07) is 5.23. The zero-order valence-electron chi connectivity index (χ0n) is 12.1. The van der Waals surface area contributed by atoms with Crippen LogP contribution in [0, 0.1) is 11.7 Å². The van der Waals surface area contributed by atoms with Gasteiger partial charge in [0.05, 0.1) is 16.0 Å². The fourth-order valence-corrected chi connectivity index (χ4v) is 2.85. The van der Waals surface area contributed by atoms with E-state index >= 15 is 0 Å². The zero-order valence-corrected chi connectivity index (χ0v) is 12.9. The van der Waals surface area contributed by atoms with E-state index in [9.17, 15) is 4.39 Å². The van der Waals surface area contributed by atoms with Crippen LogP contribution in [0.15, 0.2) is 40.4 Å². The Bertz CT molecular complexity index is 566. The van der Waals surface area contributed by atoms with Crippen LogP contribution in [0.1, 0.15) is 19.4 Å². The normalized spacial score (nSPS) is 11.2. The van der Waals surface area contributed by atoms with E-state index < -0.39 is 0 Å². The second-order valence-electron chi connectivity index (χ2n) is 5.20. The van der Waals surface area contributed by atoms with Gasteiger partial charge in [0.15, 0.2) is 0 Å². The van der Waals surface area contributed by atoms with E-state index in [1.165, 1.54) is 17.8 Å². The van der Waals surface area contributed by atoms with Crippen molar-refractivity contribution < 1.29 is 4.39 Å². The molecule has 1 aromatic heterocycles. The third kappa shape index (κ3) is 4.08. The van der Waals surface area contributed by atoms with E-state index in [-0.39, 0.29) is 5.82 Å². The van der Waals surface area contributed by atoms with Crippen molar-refractivity contribution in [1.82, 2.24) is 15.1 Å². The third-order valence-corrected chi connectivity index (χ3v) is 3.93. The van der Waals surface area contributed by atoms with E-state index in [1.807, 2.05) is 19.3 Å². The third-order valence-electron chi connectivity index (χ3n) is 2.82. The quantitative estimate of drug-likeness (QED) is 0.884. The summed E-state index contributed by atoms with van der Waals surface area (Å²) in [5, 5.41) is 7.47. The Balaban J connectivity index is 2.13. The molecule has 3 nitrogen and oxygen atoms in total. The lowest BCUT2D eigenvalue weighted by Gasteiger charge is -2.11. The molecule has 0 saturated heterocycles. The highest BCUT2D eigenvalue weighted by Gasteiger charge is 2.11. The van der Waals surface area contributed by atoms with E-state index in [0.29, 0.717) is 17.4 Å². The summed E-state index contributed by atoms with van der Waals surface area (Å²) in [4.78, 5) is 1.62. The monoisotopic (exact) mass is 293 g/mol. The van der Waals surface area contributed by atoms with Gasteiger partial charge in [0, 0.05) is 19.8 Å². The SMILES string of the molecule is CC(C)CNCc1cccc(F)c1Sc1cnn(C)c1. The number of benzene rings is 1. The number of hydrogen-bond acceptors (Lipinski definition) is 3. The number of rotatable bonds is 6. The van der Waals surface area contributed by atoms with E-state index in [2.05, 4.69) is 24.3 Å². The molecule has 0 unspecified atom stereocenters. The maximum atomic E-state index is 14.1. The minimum atomic E-state index is -0.178. The van der Waals surface area contributed by atoms with Gasteiger partial charge < -0.3 is 5.32 Å². The van der Waals surface area contributed by atoms with Crippen molar-refractivity contribution >= 4 is 11.8 Å². The number of nitrogens with one attached hydrogen (secondary N) is 1. The first-order valence-corrected chi connectivity index (χ1v) is 7.52. The summed E-state index contributed by atoms with van der Waals surface area (Å²) in [7, 11) is 1.86. The molecule has 0 aliphatic carbocycles. The molecule has 5 heteroatoms. The van der Waals surface area contributed by atoms with Gasteiger partial charge in [-0.15, -0.1) is 0 Å². The average molecular weight is 293 g/mol. The molecule has 0 atom stereocenters. The Morgan fingerprint density at radius 1 is 1.40 bits per heavy atom. The molecular formula is C15H20FN3S. The highest BCUT2D eigenvalue weighted by molar-refractivity contribution is 7.99. The first-order valence-electron chi connectivity index (χ1n) is 6.71. The van der Waals surface area contributed by atoms with Gasteiger partial charge in [-0.1, -0.05) is 37.7 Å². The molecule has 0 aliphatic rings. The van der Waals surface area contributed by atoms with Crippen LogP contribution in [0.5, 0.6) is 0 Å². The molecule has 0 radical (unpaired) electrons. The molecule has 0 saturated carbocycles. The van der Waals surface area contributed by atoms with Gasteiger partial charge in [-0.05, 0) is 24.1 Å². The highest BCUT2D eigenvalue weighted by Crippen LogP contribution is 2.32. The average Bonchev–Trinajstić information content (AvgIpc) is 2.78. The largest absolute Gasteiger partial charge is 0.312 e. The van der Waals surface area contributed by atoms with Crippen molar-refractivity contribution in [3.05, 3.63) is 42.0 Å². The zero-order chi connectivity index (χ0) is 14.5. The van der Waals surface area contributed by atoms with Crippen molar-refractivity contribution in [3.8, 4) is 0 Å². The summed E-state index contributed by atoms with van der Waals surface area (Å²) in [5.41, 5.74) is 0.986. The molecule has 0 fully saturated rings. The minimum Gasteiger partial charge on any atom is -0.312 e. The minimum absolute atomic E-state index is 0.178. The summed E-state index contributed by atoms with van der Waals surface area (Å²) >= 11 is 1.42. The Morgan fingerprint density at radius 3 is 2.85 bits per heavy atom. The van der Waals surface area contributed by atoms with Gasteiger partial charge in [0.2, 0.25) is 0 Å². The van der Waals surface area contributed by atoms with E-state index in [1.54, 1.807) is 16.9 Å². The molecule has 1 heterocycles. The Kier molecular flexibility index (Phi) is 5.20. The topological polar surface area (TPSA) is 29.9 Å². The second kappa shape index (κ2) is 6.90. The molecule has 108 valence electrons. The van der Waals surface area contributed by atoms with Crippen LogP contribution >= 0.6 is 11.8 Å². The lowest BCUT2D eigenvalue weighted by atomic mass is 10.2. The molecule has 0 amide bonds. The molecule has 0 aliphatic heterocycles. The lowest BCUT2D eigenvalue weighted by Crippen LogP contribution is -2.19. The van der Waals surface area contributed by atoms with Crippen molar-refractivity contribution in [3.63, 3.8) is 0 Å². The summed E-state index contributed by atoms with van der Waals surface area (Å²) < 4.78 is 15.8. The maximum Gasteiger partial charge on any atom is 0.137 e. The highest BCUT2D eigenvalue weighted by atomic mass is 32.2. The fourth-order valence-electron chi connectivity index (χ4n) is 1.87. The van der Waals surface area contributed by atoms with Gasteiger partial charge in [-0.2, -0.15) is 5.10 Å². The Hall–Kier alpha value is -1.33. The van der Waals surface area contributed by atoms with E-state index in [0.717, 1.165) is 17.0 Å². The van der Waals surface area contributed by atoms with Gasteiger partial charge in [0.25, 0.3) is 0 Å². The van der Waals surface area contributed by atoms with Crippen molar-refractivity contribution in [2.24, 2.45) is 13.0 Å². The van der Waals surface area contributed by atoms with Crippen LogP contribution in [0.3, 0.4) is 0 Å². The van der Waals surface area contributed by atoms with Crippen LogP contribution in [-0.4, -0.2) is 16.3 Å².